The average molecular weight is 362 g/mol. The molecule has 0 aliphatic heterocycles. The topological polar surface area (TPSA) is 26.3 Å². The first-order chi connectivity index (χ1) is 12.8. The molecular formula is C23H22O2S. The number of ketones is 1. The number of Topliss-reactive ketones (excluding diaryl/α,β-unsaturated/α-hetero) is 1. The Bertz CT molecular complexity index is 814. The molecule has 3 aromatic carbocycles. The fourth-order valence-corrected chi connectivity index (χ4v) is 3.98. The van der Waals surface area contributed by atoms with Crippen molar-refractivity contribution in [2.24, 2.45) is 0 Å². The van der Waals surface area contributed by atoms with Crippen LogP contribution in [0.15, 0.2) is 84.9 Å². The Balaban J connectivity index is 1.76. The van der Waals surface area contributed by atoms with Crippen molar-refractivity contribution in [2.75, 3.05) is 7.11 Å². The molecule has 132 valence electrons. The van der Waals surface area contributed by atoms with Crippen LogP contribution in [-0.2, 0) is 5.75 Å². The van der Waals surface area contributed by atoms with Gasteiger partial charge in [-0.05, 0) is 23.3 Å². The summed E-state index contributed by atoms with van der Waals surface area (Å²) in [7, 11) is 1.66. The molecule has 0 radical (unpaired) electrons. The van der Waals surface area contributed by atoms with Crippen molar-refractivity contribution in [1.82, 2.24) is 0 Å². The fourth-order valence-electron chi connectivity index (χ4n) is 2.77. The predicted molar refractivity (Wildman–Crippen MR) is 109 cm³/mol. The molecular weight excluding hydrogens is 340 g/mol. The summed E-state index contributed by atoms with van der Waals surface area (Å²) in [5.74, 6) is 1.88. The lowest BCUT2D eigenvalue weighted by Crippen LogP contribution is -2.06. The Morgan fingerprint density at radius 1 is 0.885 bits per heavy atom. The van der Waals surface area contributed by atoms with Gasteiger partial charge in [0, 0.05) is 23.0 Å². The number of carbonyl (C=O) groups is 1. The van der Waals surface area contributed by atoms with Crippen molar-refractivity contribution in [3.8, 4) is 5.75 Å². The van der Waals surface area contributed by atoms with Crippen LogP contribution >= 0.6 is 11.8 Å². The summed E-state index contributed by atoms with van der Waals surface area (Å²) in [5, 5.41) is 0.105. The number of hydrogen-bond acceptors (Lipinski definition) is 3. The van der Waals surface area contributed by atoms with Gasteiger partial charge in [-0.3, -0.25) is 4.79 Å². The molecule has 0 aliphatic carbocycles. The summed E-state index contributed by atoms with van der Waals surface area (Å²) in [6.07, 6.45) is 0.480. The molecule has 0 saturated heterocycles. The Labute approximate surface area is 159 Å². The normalized spacial score (nSPS) is 11.7. The number of methoxy groups -OCH3 is 1. The fraction of sp³-hybridized carbons (Fsp3) is 0.174. The van der Waals surface area contributed by atoms with Crippen molar-refractivity contribution in [2.45, 2.75) is 17.4 Å². The molecule has 2 nitrogen and oxygen atoms in total. The SMILES string of the molecule is COc1ccc(C(CC(=O)c2ccccc2)SCc2ccccc2)cc1. The molecule has 0 fully saturated rings. The second-order valence-electron chi connectivity index (χ2n) is 6.05. The smallest absolute Gasteiger partial charge is 0.164 e. The van der Waals surface area contributed by atoms with E-state index in [1.54, 1.807) is 18.9 Å². The van der Waals surface area contributed by atoms with E-state index in [0.717, 1.165) is 22.6 Å². The molecule has 0 bridgehead atoms. The lowest BCUT2D eigenvalue weighted by atomic mass is 10.0. The van der Waals surface area contributed by atoms with Crippen LogP contribution in [0.5, 0.6) is 5.75 Å². The summed E-state index contributed by atoms with van der Waals surface area (Å²) in [5.41, 5.74) is 3.19. The second-order valence-corrected chi connectivity index (χ2v) is 7.24. The molecule has 3 rings (SSSR count). The van der Waals surface area contributed by atoms with Gasteiger partial charge in [-0.1, -0.05) is 72.8 Å². The summed E-state index contributed by atoms with van der Waals surface area (Å²) >= 11 is 1.80. The lowest BCUT2D eigenvalue weighted by molar-refractivity contribution is 0.0982. The van der Waals surface area contributed by atoms with Crippen LogP contribution in [0.1, 0.15) is 33.2 Å². The van der Waals surface area contributed by atoms with Crippen LogP contribution in [0.4, 0.5) is 0 Å². The molecule has 1 atom stereocenters. The first kappa shape index (κ1) is 18.3. The zero-order chi connectivity index (χ0) is 18.2. The highest BCUT2D eigenvalue weighted by Crippen LogP contribution is 2.36. The average Bonchev–Trinajstić information content (AvgIpc) is 2.72. The van der Waals surface area contributed by atoms with Gasteiger partial charge in [0.1, 0.15) is 5.75 Å². The molecule has 0 heterocycles. The maximum Gasteiger partial charge on any atom is 0.164 e. The van der Waals surface area contributed by atoms with Gasteiger partial charge >= 0.3 is 0 Å². The van der Waals surface area contributed by atoms with Crippen molar-refractivity contribution in [3.05, 3.63) is 102 Å². The monoisotopic (exact) mass is 362 g/mol. The molecule has 0 aromatic heterocycles. The van der Waals surface area contributed by atoms with Crippen molar-refractivity contribution in [3.63, 3.8) is 0 Å². The van der Waals surface area contributed by atoms with Crippen LogP contribution in [0, 0.1) is 0 Å². The maximum atomic E-state index is 12.7. The molecule has 1 unspecified atom stereocenters. The van der Waals surface area contributed by atoms with Gasteiger partial charge in [0.2, 0.25) is 0 Å². The second kappa shape index (κ2) is 9.25. The molecule has 0 N–H and O–H groups in total. The Hall–Kier alpha value is -2.52. The standard InChI is InChI=1S/C23H22O2S/c1-25-21-14-12-20(13-15-21)23(26-17-18-8-4-2-5-9-18)16-22(24)19-10-6-3-7-11-19/h2-15,23H,16-17H2,1H3. The number of benzene rings is 3. The number of ether oxygens (including phenoxy) is 1. The Kier molecular flexibility index (Phi) is 6.50. The van der Waals surface area contributed by atoms with E-state index in [2.05, 4.69) is 24.3 Å². The van der Waals surface area contributed by atoms with E-state index in [9.17, 15) is 4.79 Å². The van der Waals surface area contributed by atoms with Crippen LogP contribution in [0.3, 0.4) is 0 Å². The highest BCUT2D eigenvalue weighted by atomic mass is 32.2. The van der Waals surface area contributed by atoms with Gasteiger partial charge in [0.15, 0.2) is 5.78 Å². The van der Waals surface area contributed by atoms with Crippen LogP contribution in [0.2, 0.25) is 0 Å². The Morgan fingerprint density at radius 2 is 1.50 bits per heavy atom. The minimum Gasteiger partial charge on any atom is -0.497 e. The Morgan fingerprint density at radius 3 is 2.12 bits per heavy atom. The first-order valence-corrected chi connectivity index (χ1v) is 9.69. The largest absolute Gasteiger partial charge is 0.497 e. The maximum absolute atomic E-state index is 12.7. The van der Waals surface area contributed by atoms with Gasteiger partial charge in [-0.15, -0.1) is 11.8 Å². The zero-order valence-corrected chi connectivity index (χ0v) is 15.6. The van der Waals surface area contributed by atoms with E-state index < -0.39 is 0 Å². The minimum absolute atomic E-state index is 0.105. The summed E-state index contributed by atoms with van der Waals surface area (Å²) in [4.78, 5) is 12.7. The van der Waals surface area contributed by atoms with E-state index in [4.69, 9.17) is 4.74 Å². The van der Waals surface area contributed by atoms with E-state index >= 15 is 0 Å². The highest BCUT2D eigenvalue weighted by molar-refractivity contribution is 7.98. The van der Waals surface area contributed by atoms with E-state index in [-0.39, 0.29) is 11.0 Å². The van der Waals surface area contributed by atoms with E-state index in [0.29, 0.717) is 6.42 Å². The molecule has 3 aromatic rings. The van der Waals surface area contributed by atoms with E-state index in [1.165, 1.54) is 5.56 Å². The predicted octanol–water partition coefficient (Wildman–Crippen LogP) is 5.94. The quantitative estimate of drug-likeness (QED) is 0.464. The number of rotatable bonds is 8. The molecule has 3 heteroatoms. The molecule has 0 amide bonds. The van der Waals surface area contributed by atoms with Gasteiger partial charge in [-0.2, -0.15) is 0 Å². The number of carbonyl (C=O) groups excluding carboxylic acids is 1. The summed E-state index contributed by atoms with van der Waals surface area (Å²) < 4.78 is 5.25. The first-order valence-electron chi connectivity index (χ1n) is 8.64. The summed E-state index contributed by atoms with van der Waals surface area (Å²) in [6, 6.07) is 27.9. The summed E-state index contributed by atoms with van der Waals surface area (Å²) in [6.45, 7) is 0. The third kappa shape index (κ3) is 4.99. The number of thioether (sulfide) groups is 1. The third-order valence-electron chi connectivity index (χ3n) is 4.25. The van der Waals surface area contributed by atoms with E-state index in [1.807, 2.05) is 60.7 Å². The lowest BCUT2D eigenvalue weighted by Gasteiger charge is -2.17. The molecule has 0 spiro atoms. The van der Waals surface area contributed by atoms with Crippen molar-refractivity contribution >= 4 is 17.5 Å². The van der Waals surface area contributed by atoms with Crippen molar-refractivity contribution in [1.29, 1.82) is 0 Å². The van der Waals surface area contributed by atoms with Gasteiger partial charge in [0.25, 0.3) is 0 Å². The van der Waals surface area contributed by atoms with Crippen LogP contribution in [-0.4, -0.2) is 12.9 Å². The zero-order valence-electron chi connectivity index (χ0n) is 14.8. The third-order valence-corrected chi connectivity index (χ3v) is 5.59. The van der Waals surface area contributed by atoms with Crippen molar-refractivity contribution < 1.29 is 9.53 Å². The minimum atomic E-state index is 0.105. The van der Waals surface area contributed by atoms with Gasteiger partial charge in [0.05, 0.1) is 7.11 Å². The highest BCUT2D eigenvalue weighted by Gasteiger charge is 2.18. The number of hydrogen-bond donors (Lipinski definition) is 0. The van der Waals surface area contributed by atoms with Gasteiger partial charge in [-0.25, -0.2) is 0 Å². The molecule has 26 heavy (non-hydrogen) atoms. The molecule has 0 aliphatic rings. The van der Waals surface area contributed by atoms with Gasteiger partial charge < -0.3 is 4.74 Å². The molecule has 0 saturated carbocycles. The van der Waals surface area contributed by atoms with Crippen LogP contribution in [0.25, 0.3) is 0 Å². The van der Waals surface area contributed by atoms with Crippen LogP contribution < -0.4 is 4.74 Å².